The van der Waals surface area contributed by atoms with Crippen LogP contribution in [0.5, 0.6) is 11.5 Å². The van der Waals surface area contributed by atoms with Gasteiger partial charge >= 0.3 is 0 Å². The number of hydrogen-bond acceptors (Lipinski definition) is 4. The average Bonchev–Trinajstić information content (AvgIpc) is 2.59. The number of rotatable bonds is 9. The first-order chi connectivity index (χ1) is 12.1. The van der Waals surface area contributed by atoms with Crippen molar-refractivity contribution >= 4 is 5.96 Å². The van der Waals surface area contributed by atoms with Crippen molar-refractivity contribution in [2.45, 2.75) is 32.1 Å². The van der Waals surface area contributed by atoms with Gasteiger partial charge in [-0.1, -0.05) is 12.5 Å². The highest BCUT2D eigenvalue weighted by molar-refractivity contribution is 5.79. The number of hydrogen-bond donors (Lipinski definition) is 3. The fraction of sp³-hybridized carbons (Fsp3) is 0.632. The quantitative estimate of drug-likeness (QED) is 0.471. The number of ether oxygens (including phenoxy) is 2. The summed E-state index contributed by atoms with van der Waals surface area (Å²) in [5.74, 6) is 1.72. The third-order valence-corrected chi connectivity index (χ3v) is 5.08. The van der Waals surface area contributed by atoms with Crippen LogP contribution in [0.15, 0.2) is 23.2 Å². The highest BCUT2D eigenvalue weighted by Crippen LogP contribution is 2.43. The topological polar surface area (TPSA) is 75.1 Å². The normalized spacial score (nSPS) is 16.2. The Kier molecular flexibility index (Phi) is 7.37. The summed E-state index contributed by atoms with van der Waals surface area (Å²) in [6, 6.07) is 5.39. The van der Waals surface area contributed by atoms with Crippen LogP contribution in [0.4, 0.5) is 0 Å². The van der Waals surface area contributed by atoms with Crippen molar-refractivity contribution in [2.75, 3.05) is 41.0 Å². The molecule has 0 saturated heterocycles. The molecular formula is C19H31N3O3. The van der Waals surface area contributed by atoms with E-state index in [-0.39, 0.29) is 5.75 Å². The molecule has 0 heterocycles. The lowest BCUT2D eigenvalue weighted by atomic mass is 9.67. The van der Waals surface area contributed by atoms with Gasteiger partial charge in [-0.3, -0.25) is 4.99 Å². The van der Waals surface area contributed by atoms with E-state index in [1.807, 2.05) is 12.1 Å². The number of aromatic hydroxyl groups is 1. The van der Waals surface area contributed by atoms with E-state index >= 15 is 0 Å². The number of guanidine groups is 1. The maximum Gasteiger partial charge on any atom is 0.191 e. The fourth-order valence-corrected chi connectivity index (χ4v) is 3.20. The lowest BCUT2D eigenvalue weighted by Gasteiger charge is -2.42. The molecule has 0 radical (unpaired) electrons. The largest absolute Gasteiger partial charge is 0.508 e. The summed E-state index contributed by atoms with van der Waals surface area (Å²) >= 11 is 0. The van der Waals surface area contributed by atoms with E-state index in [4.69, 9.17) is 9.47 Å². The molecule has 6 nitrogen and oxygen atoms in total. The van der Waals surface area contributed by atoms with Crippen LogP contribution in [0.1, 0.15) is 31.2 Å². The van der Waals surface area contributed by atoms with Gasteiger partial charge in [-0.25, -0.2) is 0 Å². The lowest BCUT2D eigenvalue weighted by Crippen LogP contribution is -2.47. The summed E-state index contributed by atoms with van der Waals surface area (Å²) in [6.45, 7) is 2.43. The fourth-order valence-electron chi connectivity index (χ4n) is 3.20. The second-order valence-electron chi connectivity index (χ2n) is 6.69. The zero-order chi connectivity index (χ0) is 18.1. The van der Waals surface area contributed by atoms with Gasteiger partial charge in [0.15, 0.2) is 5.96 Å². The first-order valence-electron chi connectivity index (χ1n) is 8.92. The van der Waals surface area contributed by atoms with Crippen molar-refractivity contribution in [3.8, 4) is 11.5 Å². The molecule has 0 atom stereocenters. The Hall–Kier alpha value is -1.95. The molecule has 2 rings (SSSR count). The minimum absolute atomic E-state index is 0.261. The Labute approximate surface area is 150 Å². The molecule has 0 unspecified atom stereocenters. The van der Waals surface area contributed by atoms with Crippen LogP contribution in [0, 0.1) is 5.41 Å². The summed E-state index contributed by atoms with van der Waals surface area (Å²) in [5.41, 5.74) is 1.24. The van der Waals surface area contributed by atoms with Crippen LogP contribution in [-0.4, -0.2) is 52.0 Å². The summed E-state index contributed by atoms with van der Waals surface area (Å²) in [7, 11) is 5.13. The molecule has 0 aromatic heterocycles. The molecule has 3 N–H and O–H groups in total. The lowest BCUT2D eigenvalue weighted by molar-refractivity contribution is 0.0732. The van der Waals surface area contributed by atoms with Gasteiger partial charge in [0.25, 0.3) is 0 Å². The predicted molar refractivity (Wildman–Crippen MR) is 101 cm³/mol. The molecular weight excluding hydrogens is 318 g/mol. The predicted octanol–water partition coefficient (Wildman–Crippen LogP) is 2.32. The van der Waals surface area contributed by atoms with Gasteiger partial charge in [-0.15, -0.1) is 0 Å². The zero-order valence-corrected chi connectivity index (χ0v) is 15.6. The van der Waals surface area contributed by atoms with Gasteiger partial charge < -0.3 is 25.2 Å². The van der Waals surface area contributed by atoms with Crippen molar-refractivity contribution in [3.05, 3.63) is 23.8 Å². The maximum atomic E-state index is 10.0. The van der Waals surface area contributed by atoms with Gasteiger partial charge in [-0.2, -0.15) is 0 Å². The van der Waals surface area contributed by atoms with E-state index in [1.165, 1.54) is 19.3 Å². The van der Waals surface area contributed by atoms with Crippen LogP contribution < -0.4 is 15.4 Å². The summed E-state index contributed by atoms with van der Waals surface area (Å²) in [6.07, 6.45) is 5.60. The summed E-state index contributed by atoms with van der Waals surface area (Å²) in [4.78, 5) is 4.29. The van der Waals surface area contributed by atoms with Gasteiger partial charge in [0.2, 0.25) is 0 Å². The number of phenolic OH excluding ortho intramolecular Hbond substituents is 1. The molecule has 1 aliphatic carbocycles. The molecule has 25 heavy (non-hydrogen) atoms. The van der Waals surface area contributed by atoms with E-state index in [2.05, 4.69) is 15.6 Å². The van der Waals surface area contributed by atoms with Crippen LogP contribution >= 0.6 is 0 Å². The van der Waals surface area contributed by atoms with Gasteiger partial charge in [0.1, 0.15) is 11.5 Å². The molecule has 0 bridgehead atoms. The molecule has 0 amide bonds. The molecule has 1 aliphatic rings. The van der Waals surface area contributed by atoms with Crippen molar-refractivity contribution in [1.29, 1.82) is 0 Å². The molecule has 0 aliphatic heterocycles. The molecule has 6 heteroatoms. The van der Waals surface area contributed by atoms with E-state index in [9.17, 15) is 5.11 Å². The highest BCUT2D eigenvalue weighted by atomic mass is 16.5. The van der Waals surface area contributed by atoms with E-state index in [0.717, 1.165) is 31.1 Å². The van der Waals surface area contributed by atoms with Gasteiger partial charge in [0, 0.05) is 39.9 Å². The van der Waals surface area contributed by atoms with Crippen LogP contribution in [0.25, 0.3) is 0 Å². The third-order valence-electron chi connectivity index (χ3n) is 5.08. The van der Waals surface area contributed by atoms with Crippen LogP contribution in [-0.2, 0) is 11.2 Å². The number of nitrogens with zero attached hydrogens (tertiary/aromatic N) is 1. The molecule has 0 spiro atoms. The second kappa shape index (κ2) is 9.51. The number of phenols is 1. The number of nitrogens with one attached hydrogen (secondary N) is 2. The van der Waals surface area contributed by atoms with Crippen molar-refractivity contribution in [1.82, 2.24) is 10.6 Å². The minimum atomic E-state index is 0.261. The monoisotopic (exact) mass is 349 g/mol. The summed E-state index contributed by atoms with van der Waals surface area (Å²) in [5, 5.41) is 16.8. The standard InChI is InChI=1S/C19H31N3O3/c1-20-18(22-14-19(8-4-9-19)10-12-24-2)21-11-7-15-5-6-16(25-3)13-17(15)23/h5-6,13,23H,4,7-12,14H2,1-3H3,(H2,20,21,22). The van der Waals surface area contributed by atoms with E-state index in [1.54, 1.807) is 27.3 Å². The Morgan fingerprint density at radius 2 is 2.08 bits per heavy atom. The molecule has 140 valence electrons. The maximum absolute atomic E-state index is 10.0. The Morgan fingerprint density at radius 3 is 2.64 bits per heavy atom. The van der Waals surface area contributed by atoms with Gasteiger partial charge in [0.05, 0.1) is 7.11 Å². The molecule has 1 fully saturated rings. The third kappa shape index (κ3) is 5.53. The minimum Gasteiger partial charge on any atom is -0.508 e. The average molecular weight is 349 g/mol. The zero-order valence-electron chi connectivity index (χ0n) is 15.6. The van der Waals surface area contributed by atoms with E-state index < -0.39 is 0 Å². The molecule has 1 aromatic rings. The smallest absolute Gasteiger partial charge is 0.191 e. The van der Waals surface area contributed by atoms with Gasteiger partial charge in [-0.05, 0) is 42.7 Å². The van der Waals surface area contributed by atoms with Crippen molar-refractivity contribution in [3.63, 3.8) is 0 Å². The first kappa shape index (κ1) is 19.4. The molecule has 1 saturated carbocycles. The number of aliphatic imine (C=N–C) groups is 1. The Morgan fingerprint density at radius 1 is 1.28 bits per heavy atom. The van der Waals surface area contributed by atoms with Crippen LogP contribution in [0.2, 0.25) is 0 Å². The highest BCUT2D eigenvalue weighted by Gasteiger charge is 2.36. The second-order valence-corrected chi connectivity index (χ2v) is 6.69. The SMILES string of the molecule is CN=C(NCCc1ccc(OC)cc1O)NCC1(CCOC)CCC1. The molecule has 1 aromatic carbocycles. The number of methoxy groups -OCH3 is 2. The first-order valence-corrected chi connectivity index (χ1v) is 8.92. The van der Waals surface area contributed by atoms with Crippen molar-refractivity contribution in [2.24, 2.45) is 10.4 Å². The number of benzene rings is 1. The Bertz CT molecular complexity index is 571. The van der Waals surface area contributed by atoms with Crippen molar-refractivity contribution < 1.29 is 14.6 Å². The van der Waals surface area contributed by atoms with Crippen LogP contribution in [0.3, 0.4) is 0 Å². The summed E-state index contributed by atoms with van der Waals surface area (Å²) < 4.78 is 10.3. The van der Waals surface area contributed by atoms with E-state index in [0.29, 0.717) is 24.1 Å². The Balaban J connectivity index is 1.77.